The fourth-order valence-corrected chi connectivity index (χ4v) is 13.1. The zero-order valence-electron chi connectivity index (χ0n) is 29.6. The first-order valence-electron chi connectivity index (χ1n) is 17.0. The van der Waals surface area contributed by atoms with E-state index in [1.54, 1.807) is 12.3 Å². The minimum absolute atomic E-state index is 0.0313. The average molecular weight is 704 g/mol. The van der Waals surface area contributed by atoms with Gasteiger partial charge in [-0.2, -0.15) is 0 Å². The van der Waals surface area contributed by atoms with Crippen molar-refractivity contribution >= 4 is 36.0 Å². The quantitative estimate of drug-likeness (QED) is 0.117. The average Bonchev–Trinajstić information content (AvgIpc) is 3.47. The van der Waals surface area contributed by atoms with Crippen LogP contribution in [0.5, 0.6) is 0 Å². The molecule has 258 valence electrons. The summed E-state index contributed by atoms with van der Waals surface area (Å²) >= 11 is -1.39. The molecule has 2 atom stereocenters. The third kappa shape index (κ3) is 6.93. The fourth-order valence-electron chi connectivity index (χ4n) is 7.14. The normalized spacial score (nSPS) is 15.9. The number of aromatic carboxylic acids is 1. The molecule has 0 amide bonds. The second-order valence-corrected chi connectivity index (χ2v) is 21.3. The van der Waals surface area contributed by atoms with Gasteiger partial charge in [0.2, 0.25) is 0 Å². The first kappa shape index (κ1) is 35.7. The molecule has 0 bridgehead atoms. The Bertz CT molecular complexity index is 1910. The third-order valence-electron chi connectivity index (χ3n) is 9.36. The molecule has 1 aliphatic heterocycles. The molecule has 0 spiro atoms. The number of aromatic nitrogens is 2. The van der Waals surface area contributed by atoms with Crippen LogP contribution >= 0.6 is 0 Å². The van der Waals surface area contributed by atoms with Gasteiger partial charge < -0.3 is 14.1 Å². The highest BCUT2D eigenvalue weighted by atomic mass is 32.2. The van der Waals surface area contributed by atoms with Crippen LogP contribution in [0.2, 0.25) is 5.04 Å². The second kappa shape index (κ2) is 14.2. The lowest BCUT2D eigenvalue weighted by Crippen LogP contribution is -2.66. The number of carboxylic acid groups (broad SMARTS) is 1. The Kier molecular flexibility index (Phi) is 10.2. The Labute approximate surface area is 299 Å². The highest BCUT2D eigenvalue weighted by Crippen LogP contribution is 2.46. The van der Waals surface area contributed by atoms with Gasteiger partial charge in [0, 0.05) is 47.1 Å². The third-order valence-corrected chi connectivity index (χ3v) is 16.3. The molecule has 0 fully saturated rings. The van der Waals surface area contributed by atoms with Crippen molar-refractivity contribution in [3.63, 3.8) is 0 Å². The molecule has 1 unspecified atom stereocenters. The topological polar surface area (TPSA) is 98.6 Å². The zero-order valence-corrected chi connectivity index (χ0v) is 31.4. The van der Waals surface area contributed by atoms with Gasteiger partial charge in [-0.05, 0) is 71.9 Å². The molecule has 3 heterocycles. The van der Waals surface area contributed by atoms with Crippen LogP contribution in [-0.2, 0) is 22.3 Å². The van der Waals surface area contributed by atoms with Crippen LogP contribution in [0.25, 0.3) is 22.4 Å². The first-order chi connectivity index (χ1) is 23.8. The summed E-state index contributed by atoms with van der Waals surface area (Å²) in [5.41, 5.74) is 4.99. The van der Waals surface area contributed by atoms with Crippen LogP contribution in [0.3, 0.4) is 0 Å². The Morgan fingerprint density at radius 3 is 2.06 bits per heavy atom. The maximum atomic E-state index is 14.3. The summed E-state index contributed by atoms with van der Waals surface area (Å²) in [6.07, 6.45) is 4.09. The second-order valence-electron chi connectivity index (χ2n) is 14.8. The Balaban J connectivity index is 1.46. The summed E-state index contributed by atoms with van der Waals surface area (Å²) in [6, 6.07) is 34.3. The predicted octanol–water partition coefficient (Wildman–Crippen LogP) is 7.79. The number of pyridine rings is 2. The van der Waals surface area contributed by atoms with Gasteiger partial charge in [0.25, 0.3) is 8.32 Å². The Morgan fingerprint density at radius 2 is 1.50 bits per heavy atom. The summed E-state index contributed by atoms with van der Waals surface area (Å²) < 4.78 is 23.1. The van der Waals surface area contributed by atoms with Crippen molar-refractivity contribution in [1.82, 2.24) is 14.3 Å². The molecule has 6 rings (SSSR count). The molecule has 1 N–H and O–H groups in total. The number of hydrogen-bond acceptors (Lipinski definition) is 6. The van der Waals surface area contributed by atoms with E-state index in [0.29, 0.717) is 25.3 Å². The van der Waals surface area contributed by atoms with Crippen LogP contribution in [0, 0.1) is 0 Å². The number of fused-ring (bicyclic) bond motifs is 1. The van der Waals surface area contributed by atoms with E-state index in [9.17, 15) is 14.5 Å². The first-order valence-corrected chi connectivity index (χ1v) is 20.0. The van der Waals surface area contributed by atoms with E-state index in [1.807, 2.05) is 79.8 Å². The monoisotopic (exact) mass is 703 g/mol. The smallest absolute Gasteiger partial charge is 0.354 e. The largest absolute Gasteiger partial charge is 0.597 e. The van der Waals surface area contributed by atoms with E-state index in [0.717, 1.165) is 27.8 Å². The van der Waals surface area contributed by atoms with E-state index in [1.165, 1.54) is 10.4 Å². The Hall–Kier alpha value is -4.12. The summed E-state index contributed by atoms with van der Waals surface area (Å²) in [5, 5.41) is 12.3. The molecule has 3 aromatic carbocycles. The molecule has 5 aromatic rings. The van der Waals surface area contributed by atoms with E-state index < -0.39 is 30.4 Å². The van der Waals surface area contributed by atoms with Gasteiger partial charge in [0.05, 0.1) is 18.3 Å². The lowest BCUT2D eigenvalue weighted by Gasteiger charge is -2.43. The molecule has 0 aliphatic carbocycles. The van der Waals surface area contributed by atoms with Crippen LogP contribution < -0.4 is 10.4 Å². The van der Waals surface area contributed by atoms with Gasteiger partial charge >= 0.3 is 5.97 Å². The Morgan fingerprint density at radius 1 is 0.880 bits per heavy atom. The molecule has 0 saturated carbocycles. The van der Waals surface area contributed by atoms with Gasteiger partial charge in [-0.3, -0.25) is 4.98 Å². The maximum absolute atomic E-state index is 14.3. The number of hydrogen-bond donors (Lipinski definition) is 1. The molecule has 1 aliphatic rings. The summed E-state index contributed by atoms with van der Waals surface area (Å²) in [6.45, 7) is 13.5. The van der Waals surface area contributed by atoms with Crippen molar-refractivity contribution in [3.8, 4) is 22.4 Å². The van der Waals surface area contributed by atoms with Crippen LogP contribution in [0.4, 0.5) is 0 Å². The lowest BCUT2D eigenvalue weighted by molar-refractivity contribution is 0.0690. The minimum atomic E-state index is -2.84. The number of carboxylic acids is 1. The number of carbonyl (C=O) groups is 1. The van der Waals surface area contributed by atoms with Gasteiger partial charge in [-0.1, -0.05) is 106 Å². The van der Waals surface area contributed by atoms with Crippen LogP contribution in [-0.4, -0.2) is 49.6 Å². The zero-order chi connectivity index (χ0) is 35.7. The van der Waals surface area contributed by atoms with Crippen LogP contribution in [0.15, 0.2) is 116 Å². The van der Waals surface area contributed by atoms with E-state index in [4.69, 9.17) is 9.41 Å². The molecular weight excluding hydrogens is 659 g/mol. The number of nitrogens with zero attached hydrogens (tertiary/aromatic N) is 3. The highest BCUT2D eigenvalue weighted by Gasteiger charge is 2.51. The van der Waals surface area contributed by atoms with E-state index >= 15 is 0 Å². The van der Waals surface area contributed by atoms with Gasteiger partial charge in [-0.15, -0.1) is 4.31 Å². The molecule has 7 nitrogen and oxygen atoms in total. The maximum Gasteiger partial charge on any atom is 0.354 e. The van der Waals surface area contributed by atoms with Crippen molar-refractivity contribution < 1.29 is 18.9 Å². The van der Waals surface area contributed by atoms with Crippen molar-refractivity contribution in [2.24, 2.45) is 0 Å². The van der Waals surface area contributed by atoms with Crippen LogP contribution in [0.1, 0.15) is 75.6 Å². The van der Waals surface area contributed by atoms with Crippen molar-refractivity contribution in [3.05, 3.63) is 132 Å². The van der Waals surface area contributed by atoms with E-state index in [2.05, 4.69) is 74.3 Å². The highest BCUT2D eigenvalue weighted by molar-refractivity contribution is 7.90. The minimum Gasteiger partial charge on any atom is -0.597 e. The van der Waals surface area contributed by atoms with Crippen molar-refractivity contribution in [2.75, 3.05) is 6.61 Å². The molecule has 0 saturated heterocycles. The van der Waals surface area contributed by atoms with Crippen molar-refractivity contribution in [2.45, 2.75) is 70.3 Å². The fraction of sp³-hybridized carbons (Fsp3) is 0.293. The van der Waals surface area contributed by atoms with Gasteiger partial charge in [0.15, 0.2) is 0 Å². The molecular formula is C41H45N3O4SSi. The van der Waals surface area contributed by atoms with E-state index in [-0.39, 0.29) is 16.8 Å². The molecule has 9 heteroatoms. The number of rotatable bonds is 10. The SMILES string of the molecule is CC(C)(C)[S+]([O-])N1Cc2cc(C(=O)O)nc(-c3cccc(-c4cccnc4)c3)c2[C@H]1CCO[Si](c1ccccc1)(c1ccccc1)C(C)(C)C. The van der Waals surface area contributed by atoms with Crippen molar-refractivity contribution in [1.29, 1.82) is 0 Å². The lowest BCUT2D eigenvalue weighted by atomic mass is 9.94. The summed E-state index contributed by atoms with van der Waals surface area (Å²) in [4.78, 5) is 21.5. The molecule has 0 radical (unpaired) electrons. The standard InChI is InChI=1S/C41H45N3O4SSi/c1-40(2,3)49(47)44-28-32-26-35(39(45)46)43-38(30-16-13-15-29(25-30)31-17-14-23-42-27-31)37(32)36(44)22-24-48-50(41(4,5)6,33-18-9-7-10-19-33)34-20-11-8-12-21-34/h7-21,23,25-27,36H,22,24,28H2,1-6H3,(H,45,46)/t36-,49?/m1/s1. The number of benzene rings is 3. The molecule has 2 aromatic heterocycles. The summed E-state index contributed by atoms with van der Waals surface area (Å²) in [7, 11) is -2.84. The van der Waals surface area contributed by atoms with Gasteiger partial charge in [0.1, 0.15) is 10.4 Å². The summed E-state index contributed by atoms with van der Waals surface area (Å²) in [5.74, 6) is -1.10. The van der Waals surface area contributed by atoms with Gasteiger partial charge in [-0.25, -0.2) is 9.78 Å². The molecule has 50 heavy (non-hydrogen) atoms. The predicted molar refractivity (Wildman–Crippen MR) is 204 cm³/mol.